The van der Waals surface area contributed by atoms with Gasteiger partial charge >= 0.3 is 5.97 Å². The maximum absolute atomic E-state index is 11.7. The topological polar surface area (TPSA) is 74.7 Å². The minimum Gasteiger partial charge on any atom is -0.478 e. The van der Waals surface area contributed by atoms with Crippen molar-refractivity contribution in [1.82, 2.24) is 0 Å². The number of nitrogens with zero attached hydrogens (tertiary/aromatic N) is 1. The van der Waals surface area contributed by atoms with E-state index in [-0.39, 0.29) is 17.5 Å². The lowest BCUT2D eigenvalue weighted by molar-refractivity contribution is -0.131. The van der Waals surface area contributed by atoms with E-state index in [1.807, 2.05) is 11.8 Å². The number of aliphatic carboxylic acids is 1. The SMILES string of the molecule is CC1CS(=O)(=O)CCN1c1cc(Cl)ccc1/C=C/C(=O)O. The number of halogens is 1. The van der Waals surface area contributed by atoms with Gasteiger partial charge in [0.2, 0.25) is 0 Å². The fourth-order valence-electron chi connectivity index (χ4n) is 2.42. The van der Waals surface area contributed by atoms with Gasteiger partial charge in [-0.25, -0.2) is 13.2 Å². The summed E-state index contributed by atoms with van der Waals surface area (Å²) in [5, 5.41) is 9.27. The number of carboxylic acid groups (broad SMARTS) is 1. The van der Waals surface area contributed by atoms with Crippen molar-refractivity contribution in [3.05, 3.63) is 34.9 Å². The molecule has 0 amide bonds. The van der Waals surface area contributed by atoms with E-state index in [1.165, 1.54) is 6.08 Å². The predicted octanol–water partition coefficient (Wildman–Crippen LogP) is 2.06. The molecule has 1 N–H and O–H groups in total. The van der Waals surface area contributed by atoms with Gasteiger partial charge in [0.1, 0.15) is 0 Å². The Hall–Kier alpha value is -1.53. The molecule has 1 aliphatic rings. The van der Waals surface area contributed by atoms with Crippen molar-refractivity contribution in [3.8, 4) is 0 Å². The zero-order chi connectivity index (χ0) is 15.6. The molecule has 21 heavy (non-hydrogen) atoms. The van der Waals surface area contributed by atoms with E-state index in [2.05, 4.69) is 0 Å². The molecule has 0 saturated carbocycles. The molecule has 7 heteroatoms. The van der Waals surface area contributed by atoms with Crippen LogP contribution >= 0.6 is 11.6 Å². The first-order chi connectivity index (χ1) is 9.78. The molecule has 0 aromatic heterocycles. The molecule has 1 fully saturated rings. The highest BCUT2D eigenvalue weighted by molar-refractivity contribution is 7.91. The predicted molar refractivity (Wildman–Crippen MR) is 83.6 cm³/mol. The van der Waals surface area contributed by atoms with E-state index >= 15 is 0 Å². The monoisotopic (exact) mass is 329 g/mol. The Morgan fingerprint density at radius 1 is 1.48 bits per heavy atom. The van der Waals surface area contributed by atoms with Crippen molar-refractivity contribution in [2.24, 2.45) is 0 Å². The van der Waals surface area contributed by atoms with Crippen LogP contribution in [0, 0.1) is 0 Å². The number of sulfone groups is 1. The summed E-state index contributed by atoms with van der Waals surface area (Å²) in [4.78, 5) is 12.6. The third-order valence-electron chi connectivity index (χ3n) is 3.38. The number of hydrogen-bond acceptors (Lipinski definition) is 4. The summed E-state index contributed by atoms with van der Waals surface area (Å²) < 4.78 is 23.3. The smallest absolute Gasteiger partial charge is 0.328 e. The molecular weight excluding hydrogens is 314 g/mol. The fraction of sp³-hybridized carbons (Fsp3) is 0.357. The molecule has 5 nitrogen and oxygen atoms in total. The second kappa shape index (κ2) is 6.07. The number of rotatable bonds is 3. The summed E-state index contributed by atoms with van der Waals surface area (Å²) in [6, 6.07) is 4.96. The van der Waals surface area contributed by atoms with Gasteiger partial charge in [-0.05, 0) is 30.7 Å². The minimum atomic E-state index is -3.01. The first kappa shape index (κ1) is 15.9. The largest absolute Gasteiger partial charge is 0.478 e. The van der Waals surface area contributed by atoms with E-state index in [0.29, 0.717) is 17.1 Å². The summed E-state index contributed by atoms with van der Waals surface area (Å²) >= 11 is 6.02. The van der Waals surface area contributed by atoms with Crippen LogP contribution < -0.4 is 4.90 Å². The Morgan fingerprint density at radius 2 is 2.19 bits per heavy atom. The summed E-state index contributed by atoms with van der Waals surface area (Å²) in [5.41, 5.74) is 1.45. The summed E-state index contributed by atoms with van der Waals surface area (Å²) in [6.45, 7) is 2.21. The van der Waals surface area contributed by atoms with Crippen molar-refractivity contribution >= 4 is 39.2 Å². The molecule has 1 heterocycles. The molecule has 1 saturated heterocycles. The lowest BCUT2D eigenvalue weighted by Crippen LogP contribution is -2.47. The van der Waals surface area contributed by atoms with Gasteiger partial charge in [0.25, 0.3) is 0 Å². The van der Waals surface area contributed by atoms with Crippen molar-refractivity contribution in [1.29, 1.82) is 0 Å². The minimum absolute atomic E-state index is 0.0849. The highest BCUT2D eigenvalue weighted by Crippen LogP contribution is 2.29. The van der Waals surface area contributed by atoms with Crippen molar-refractivity contribution in [3.63, 3.8) is 0 Å². The normalized spacial score (nSPS) is 21.6. The Kier molecular flexibility index (Phi) is 4.58. The average molecular weight is 330 g/mol. The van der Waals surface area contributed by atoms with Crippen LogP contribution in [0.3, 0.4) is 0 Å². The zero-order valence-corrected chi connectivity index (χ0v) is 13.1. The van der Waals surface area contributed by atoms with Crippen LogP contribution in [0.2, 0.25) is 5.02 Å². The van der Waals surface area contributed by atoms with Crippen LogP contribution in [-0.4, -0.2) is 43.6 Å². The summed E-state index contributed by atoms with van der Waals surface area (Å²) in [6.07, 6.45) is 2.54. The van der Waals surface area contributed by atoms with Crippen LogP contribution in [0.5, 0.6) is 0 Å². The number of hydrogen-bond donors (Lipinski definition) is 1. The van der Waals surface area contributed by atoms with E-state index in [1.54, 1.807) is 18.2 Å². The first-order valence-electron chi connectivity index (χ1n) is 6.46. The first-order valence-corrected chi connectivity index (χ1v) is 8.66. The number of carboxylic acids is 1. The molecule has 1 aromatic carbocycles. The van der Waals surface area contributed by atoms with E-state index in [9.17, 15) is 13.2 Å². The standard InChI is InChI=1S/C14H16ClNO4S/c1-10-9-21(19,20)7-6-16(10)13-8-12(15)4-2-11(13)3-5-14(17)18/h2-5,8,10H,6-7,9H2,1H3,(H,17,18)/b5-3+. The van der Waals surface area contributed by atoms with Gasteiger partial charge in [0.05, 0.1) is 11.5 Å². The molecule has 1 unspecified atom stereocenters. The van der Waals surface area contributed by atoms with E-state index in [4.69, 9.17) is 16.7 Å². The Morgan fingerprint density at radius 3 is 2.81 bits per heavy atom. The molecule has 1 atom stereocenters. The third-order valence-corrected chi connectivity index (χ3v) is 5.41. The van der Waals surface area contributed by atoms with Crippen molar-refractivity contribution < 1.29 is 18.3 Å². The fourth-order valence-corrected chi connectivity index (χ4v) is 4.15. The molecule has 114 valence electrons. The molecule has 1 aliphatic heterocycles. The lowest BCUT2D eigenvalue weighted by Gasteiger charge is -2.36. The van der Waals surface area contributed by atoms with Crippen LogP contribution in [0.15, 0.2) is 24.3 Å². The maximum atomic E-state index is 11.7. The molecule has 0 spiro atoms. The van der Waals surface area contributed by atoms with Gasteiger partial charge in [-0.15, -0.1) is 0 Å². The number of carbonyl (C=O) groups is 1. The number of benzene rings is 1. The second-order valence-corrected chi connectivity index (χ2v) is 7.70. The summed E-state index contributed by atoms with van der Waals surface area (Å²) in [5.74, 6) is -0.863. The number of anilines is 1. The van der Waals surface area contributed by atoms with Crippen LogP contribution in [0.25, 0.3) is 6.08 Å². The highest BCUT2D eigenvalue weighted by atomic mass is 35.5. The summed E-state index contributed by atoms with van der Waals surface area (Å²) in [7, 11) is -3.01. The highest BCUT2D eigenvalue weighted by Gasteiger charge is 2.29. The lowest BCUT2D eigenvalue weighted by atomic mass is 10.1. The Labute approximate surface area is 128 Å². The third kappa shape index (κ3) is 3.98. The molecule has 2 rings (SSSR count). The second-order valence-electron chi connectivity index (χ2n) is 5.03. The van der Waals surface area contributed by atoms with Gasteiger partial charge in [0, 0.05) is 29.4 Å². The Bertz CT molecular complexity index is 684. The maximum Gasteiger partial charge on any atom is 0.328 e. The quantitative estimate of drug-likeness (QED) is 0.859. The van der Waals surface area contributed by atoms with Crippen molar-refractivity contribution in [2.45, 2.75) is 13.0 Å². The van der Waals surface area contributed by atoms with Crippen LogP contribution in [-0.2, 0) is 14.6 Å². The van der Waals surface area contributed by atoms with Crippen LogP contribution in [0.4, 0.5) is 5.69 Å². The average Bonchev–Trinajstić information content (AvgIpc) is 2.36. The van der Waals surface area contributed by atoms with Gasteiger partial charge < -0.3 is 10.0 Å². The van der Waals surface area contributed by atoms with Gasteiger partial charge in [-0.3, -0.25) is 0 Å². The van der Waals surface area contributed by atoms with Gasteiger partial charge in [-0.2, -0.15) is 0 Å². The van der Waals surface area contributed by atoms with Crippen molar-refractivity contribution in [2.75, 3.05) is 23.0 Å². The van der Waals surface area contributed by atoms with E-state index in [0.717, 1.165) is 11.8 Å². The van der Waals surface area contributed by atoms with E-state index < -0.39 is 15.8 Å². The molecule has 0 bridgehead atoms. The molecule has 0 aliphatic carbocycles. The van der Waals surface area contributed by atoms with Gasteiger partial charge in [-0.1, -0.05) is 17.7 Å². The molecule has 1 aromatic rings. The van der Waals surface area contributed by atoms with Gasteiger partial charge in [0.15, 0.2) is 9.84 Å². The zero-order valence-electron chi connectivity index (χ0n) is 11.5. The molecular formula is C14H16ClNO4S. The van der Waals surface area contributed by atoms with Crippen LogP contribution in [0.1, 0.15) is 12.5 Å². The Balaban J connectivity index is 2.38. The molecule has 0 radical (unpaired) electrons.